The molecule has 1 aromatic heterocycles. The van der Waals surface area contributed by atoms with Gasteiger partial charge in [-0.3, -0.25) is 0 Å². The fourth-order valence-electron chi connectivity index (χ4n) is 1.59. The third kappa shape index (κ3) is 2.35. The van der Waals surface area contributed by atoms with Gasteiger partial charge in [0.1, 0.15) is 11.6 Å². The van der Waals surface area contributed by atoms with Crippen molar-refractivity contribution in [3.05, 3.63) is 29.6 Å². The number of fused-ring (bicyclic) bond motifs is 1. The van der Waals surface area contributed by atoms with Crippen LogP contribution < -0.4 is 5.73 Å². The minimum absolute atomic E-state index is 0.0189. The van der Waals surface area contributed by atoms with Crippen LogP contribution in [0, 0.1) is 0 Å². The van der Waals surface area contributed by atoms with Gasteiger partial charge in [0.2, 0.25) is 0 Å². The first-order chi connectivity index (χ1) is 8.41. The van der Waals surface area contributed by atoms with Crippen molar-refractivity contribution in [3.8, 4) is 0 Å². The van der Waals surface area contributed by atoms with Gasteiger partial charge in [-0.1, -0.05) is 0 Å². The number of alkyl halides is 3. The molecule has 96 valence electrons. The molecule has 4 nitrogen and oxygen atoms in total. The molecule has 0 aliphatic carbocycles. The van der Waals surface area contributed by atoms with E-state index in [2.05, 4.69) is 9.97 Å². The minimum atomic E-state index is -4.43. The van der Waals surface area contributed by atoms with Gasteiger partial charge in [-0.25, -0.2) is 9.97 Å². The molecule has 2 aromatic rings. The average Bonchev–Trinajstić information content (AvgIpc) is 2.27. The zero-order chi connectivity index (χ0) is 13.3. The van der Waals surface area contributed by atoms with Gasteiger partial charge in [0.05, 0.1) is 17.7 Å². The lowest BCUT2D eigenvalue weighted by atomic mass is 10.1. The summed E-state index contributed by atoms with van der Waals surface area (Å²) in [4.78, 5) is 7.88. The Bertz CT molecular complexity index is 583. The third-order valence-corrected chi connectivity index (χ3v) is 2.43. The van der Waals surface area contributed by atoms with Crippen LogP contribution >= 0.6 is 0 Å². The predicted octanol–water partition coefficient (Wildman–Crippen LogP) is 1.77. The van der Waals surface area contributed by atoms with Crippen LogP contribution in [0.1, 0.15) is 11.4 Å². The van der Waals surface area contributed by atoms with Crippen LogP contribution in [0.5, 0.6) is 0 Å². The second-order valence-corrected chi connectivity index (χ2v) is 3.73. The predicted molar refractivity (Wildman–Crippen MR) is 59.7 cm³/mol. The largest absolute Gasteiger partial charge is 0.416 e. The van der Waals surface area contributed by atoms with Gasteiger partial charge in [0.15, 0.2) is 0 Å². The highest BCUT2D eigenvalue weighted by molar-refractivity contribution is 5.88. The summed E-state index contributed by atoms with van der Waals surface area (Å²) in [5.41, 5.74) is 5.14. The number of benzene rings is 1. The molecule has 18 heavy (non-hydrogen) atoms. The molecule has 0 spiro atoms. The summed E-state index contributed by atoms with van der Waals surface area (Å²) in [6.07, 6.45) is -4.22. The maximum Gasteiger partial charge on any atom is 0.416 e. The number of aromatic nitrogens is 2. The number of nitrogen functional groups attached to an aromatic ring is 1. The van der Waals surface area contributed by atoms with Crippen molar-refractivity contribution >= 4 is 16.7 Å². The lowest BCUT2D eigenvalue weighted by molar-refractivity contribution is -0.137. The Morgan fingerprint density at radius 3 is 2.56 bits per heavy atom. The van der Waals surface area contributed by atoms with E-state index in [1.807, 2.05) is 0 Å². The van der Waals surface area contributed by atoms with E-state index in [0.717, 1.165) is 12.1 Å². The topological polar surface area (TPSA) is 72.0 Å². The van der Waals surface area contributed by atoms with Crippen molar-refractivity contribution in [3.63, 3.8) is 0 Å². The van der Waals surface area contributed by atoms with Gasteiger partial charge in [0, 0.05) is 11.8 Å². The van der Waals surface area contributed by atoms with Gasteiger partial charge in [-0.2, -0.15) is 13.2 Å². The molecular formula is C11H10F3N3O. The van der Waals surface area contributed by atoms with E-state index in [-0.39, 0.29) is 24.2 Å². The van der Waals surface area contributed by atoms with E-state index in [9.17, 15) is 13.2 Å². The van der Waals surface area contributed by atoms with E-state index >= 15 is 0 Å². The fourth-order valence-corrected chi connectivity index (χ4v) is 1.59. The zero-order valence-corrected chi connectivity index (χ0v) is 9.20. The van der Waals surface area contributed by atoms with Gasteiger partial charge in [-0.05, 0) is 18.2 Å². The Morgan fingerprint density at radius 2 is 1.94 bits per heavy atom. The van der Waals surface area contributed by atoms with Gasteiger partial charge < -0.3 is 10.8 Å². The molecule has 0 radical (unpaired) electrons. The number of hydrogen-bond acceptors (Lipinski definition) is 4. The first kappa shape index (κ1) is 12.6. The molecule has 0 atom stereocenters. The van der Waals surface area contributed by atoms with Crippen LogP contribution in [0.15, 0.2) is 18.2 Å². The smallest absolute Gasteiger partial charge is 0.396 e. The number of aliphatic hydroxyl groups is 1. The molecule has 3 N–H and O–H groups in total. The molecule has 1 heterocycles. The molecule has 2 rings (SSSR count). The Morgan fingerprint density at radius 1 is 1.22 bits per heavy atom. The van der Waals surface area contributed by atoms with Crippen molar-refractivity contribution in [1.29, 1.82) is 0 Å². The lowest BCUT2D eigenvalue weighted by Crippen LogP contribution is -2.07. The molecule has 0 amide bonds. The number of rotatable bonds is 2. The van der Waals surface area contributed by atoms with Crippen molar-refractivity contribution in [2.75, 3.05) is 12.3 Å². The van der Waals surface area contributed by atoms with Crippen LogP contribution in [-0.4, -0.2) is 21.7 Å². The molecule has 0 unspecified atom stereocenters. The van der Waals surface area contributed by atoms with Crippen LogP contribution in [0.4, 0.5) is 19.0 Å². The fraction of sp³-hybridized carbons (Fsp3) is 0.273. The molecule has 0 saturated carbocycles. The van der Waals surface area contributed by atoms with Crippen LogP contribution in [0.3, 0.4) is 0 Å². The van der Waals surface area contributed by atoms with E-state index in [0.29, 0.717) is 11.3 Å². The first-order valence-electron chi connectivity index (χ1n) is 5.16. The molecule has 7 heteroatoms. The second-order valence-electron chi connectivity index (χ2n) is 3.73. The summed E-state index contributed by atoms with van der Waals surface area (Å²) in [5.74, 6) is 0.289. The van der Waals surface area contributed by atoms with Crippen molar-refractivity contribution < 1.29 is 18.3 Å². The van der Waals surface area contributed by atoms with Crippen LogP contribution in [0.2, 0.25) is 0 Å². The van der Waals surface area contributed by atoms with Crippen LogP contribution in [-0.2, 0) is 12.6 Å². The molecule has 0 bridgehead atoms. The van der Waals surface area contributed by atoms with Crippen LogP contribution in [0.25, 0.3) is 10.9 Å². The van der Waals surface area contributed by atoms with Gasteiger partial charge >= 0.3 is 6.18 Å². The molecule has 0 saturated heterocycles. The van der Waals surface area contributed by atoms with E-state index in [1.165, 1.54) is 6.07 Å². The maximum atomic E-state index is 12.5. The standard InChI is InChI=1S/C11H10F3N3O/c12-11(13,14)6-1-2-8-7(5-6)10(15)17-9(16-8)3-4-18/h1-2,5,18H,3-4H2,(H2,15,16,17). The Kier molecular flexibility index (Phi) is 3.08. The van der Waals surface area contributed by atoms with E-state index < -0.39 is 11.7 Å². The highest BCUT2D eigenvalue weighted by Crippen LogP contribution is 2.32. The number of halogens is 3. The molecule has 0 aliphatic heterocycles. The Labute approximate surface area is 100 Å². The Hall–Kier alpha value is -1.89. The zero-order valence-electron chi connectivity index (χ0n) is 9.20. The monoisotopic (exact) mass is 257 g/mol. The molecule has 0 fully saturated rings. The van der Waals surface area contributed by atoms with Crippen molar-refractivity contribution in [2.45, 2.75) is 12.6 Å². The number of hydrogen-bond donors (Lipinski definition) is 2. The molecular weight excluding hydrogens is 247 g/mol. The van der Waals surface area contributed by atoms with Crippen molar-refractivity contribution in [1.82, 2.24) is 9.97 Å². The SMILES string of the molecule is Nc1nc(CCO)nc2ccc(C(F)(F)F)cc12. The second kappa shape index (κ2) is 4.41. The number of anilines is 1. The molecule has 1 aromatic carbocycles. The minimum Gasteiger partial charge on any atom is -0.396 e. The van der Waals surface area contributed by atoms with Gasteiger partial charge in [-0.15, -0.1) is 0 Å². The number of nitrogens with two attached hydrogens (primary N) is 1. The third-order valence-electron chi connectivity index (χ3n) is 2.43. The summed E-state index contributed by atoms with van der Waals surface area (Å²) in [6, 6.07) is 3.11. The molecule has 0 aliphatic rings. The number of nitrogens with zero attached hydrogens (tertiary/aromatic N) is 2. The normalized spacial score (nSPS) is 12.0. The van der Waals surface area contributed by atoms with Gasteiger partial charge in [0.25, 0.3) is 0 Å². The van der Waals surface area contributed by atoms with Crippen molar-refractivity contribution in [2.24, 2.45) is 0 Å². The number of aliphatic hydroxyl groups excluding tert-OH is 1. The highest BCUT2D eigenvalue weighted by Gasteiger charge is 2.30. The summed E-state index contributed by atoms with van der Waals surface area (Å²) >= 11 is 0. The highest BCUT2D eigenvalue weighted by atomic mass is 19.4. The first-order valence-corrected chi connectivity index (χ1v) is 5.16. The Balaban J connectivity index is 2.58. The summed E-state index contributed by atoms with van der Waals surface area (Å²) < 4.78 is 37.6. The lowest BCUT2D eigenvalue weighted by Gasteiger charge is -2.09. The summed E-state index contributed by atoms with van der Waals surface area (Å²) in [6.45, 7) is -0.147. The van der Waals surface area contributed by atoms with E-state index in [1.54, 1.807) is 0 Å². The maximum absolute atomic E-state index is 12.5. The summed E-state index contributed by atoms with van der Waals surface area (Å²) in [7, 11) is 0. The van der Waals surface area contributed by atoms with E-state index in [4.69, 9.17) is 10.8 Å². The quantitative estimate of drug-likeness (QED) is 0.860. The average molecular weight is 257 g/mol. The summed E-state index contributed by atoms with van der Waals surface area (Å²) in [5, 5.41) is 8.92.